The van der Waals surface area contributed by atoms with E-state index in [-0.39, 0.29) is 6.67 Å². The van der Waals surface area contributed by atoms with Crippen LogP contribution < -0.4 is 4.57 Å². The van der Waals surface area contributed by atoms with E-state index in [2.05, 4.69) is 0 Å². The van der Waals surface area contributed by atoms with Crippen molar-refractivity contribution >= 4 is 0 Å². The smallest absolute Gasteiger partial charge is 0.176 e. The molecule has 0 aliphatic heterocycles. The zero-order valence-corrected chi connectivity index (χ0v) is 5.13. The summed E-state index contributed by atoms with van der Waals surface area (Å²) in [6.07, 6.45) is 3.69. The second-order valence-electron chi connectivity index (χ2n) is 1.80. The van der Waals surface area contributed by atoms with E-state index < -0.39 is 0 Å². The number of aryl methyl sites for hydroxylation is 1. The van der Waals surface area contributed by atoms with Gasteiger partial charge in [0.25, 0.3) is 0 Å². The lowest BCUT2D eigenvalue weighted by atomic mass is 10.5. The molecule has 0 bridgehead atoms. The van der Waals surface area contributed by atoms with Gasteiger partial charge in [0, 0.05) is 12.1 Å². The Kier molecular flexibility index (Phi) is 2.19. The normalized spacial score (nSPS) is 9.44. The van der Waals surface area contributed by atoms with Gasteiger partial charge in [-0.3, -0.25) is 0 Å². The summed E-state index contributed by atoms with van der Waals surface area (Å²) >= 11 is 0. The Morgan fingerprint density at radius 1 is 1.11 bits per heavy atom. The van der Waals surface area contributed by atoms with Crippen LogP contribution in [0.4, 0.5) is 4.39 Å². The number of aromatic nitrogens is 1. The number of rotatable bonds is 2. The van der Waals surface area contributed by atoms with E-state index >= 15 is 0 Å². The first-order chi connectivity index (χ1) is 4.43. The molecule has 0 fully saturated rings. The zero-order valence-electron chi connectivity index (χ0n) is 5.13. The van der Waals surface area contributed by atoms with Gasteiger partial charge in [0.2, 0.25) is 0 Å². The van der Waals surface area contributed by atoms with Crippen LogP contribution in [0.5, 0.6) is 0 Å². The highest BCUT2D eigenvalue weighted by Gasteiger charge is 1.92. The molecule has 0 radical (unpaired) electrons. The van der Waals surface area contributed by atoms with Crippen LogP contribution in [-0.4, -0.2) is 6.67 Å². The maximum atomic E-state index is 11.7. The number of pyridine rings is 1. The van der Waals surface area contributed by atoms with E-state index in [1.165, 1.54) is 0 Å². The largest absolute Gasteiger partial charge is 0.244 e. The maximum absolute atomic E-state index is 11.7. The number of hydrogen-bond acceptors (Lipinski definition) is 0. The summed E-state index contributed by atoms with van der Waals surface area (Å²) in [5.74, 6) is 0. The summed E-state index contributed by atoms with van der Waals surface area (Å²) in [5.41, 5.74) is 0. The van der Waals surface area contributed by atoms with Crippen molar-refractivity contribution in [3.05, 3.63) is 30.6 Å². The SMILES string of the molecule is FCC[n+]1ccccc1. The van der Waals surface area contributed by atoms with Gasteiger partial charge < -0.3 is 0 Å². The van der Waals surface area contributed by atoms with Gasteiger partial charge in [-0.1, -0.05) is 6.07 Å². The van der Waals surface area contributed by atoms with Crippen molar-refractivity contribution in [3.8, 4) is 0 Å². The van der Waals surface area contributed by atoms with Crippen LogP contribution in [0.2, 0.25) is 0 Å². The fourth-order valence-corrected chi connectivity index (χ4v) is 0.681. The number of hydrogen-bond donors (Lipinski definition) is 0. The van der Waals surface area contributed by atoms with Crippen molar-refractivity contribution < 1.29 is 8.96 Å². The average molecular weight is 126 g/mol. The van der Waals surface area contributed by atoms with Gasteiger partial charge in [0.15, 0.2) is 18.9 Å². The zero-order chi connectivity index (χ0) is 6.53. The van der Waals surface area contributed by atoms with Gasteiger partial charge in [-0.05, 0) is 0 Å². The molecule has 2 heteroatoms. The van der Waals surface area contributed by atoms with Gasteiger partial charge >= 0.3 is 0 Å². The second-order valence-corrected chi connectivity index (χ2v) is 1.80. The minimum atomic E-state index is -0.297. The van der Waals surface area contributed by atoms with Gasteiger partial charge in [-0.25, -0.2) is 8.96 Å². The Bertz CT molecular complexity index is 162. The van der Waals surface area contributed by atoms with Crippen molar-refractivity contribution in [1.29, 1.82) is 0 Å². The predicted molar refractivity (Wildman–Crippen MR) is 32.6 cm³/mol. The highest BCUT2D eigenvalue weighted by molar-refractivity contribution is 4.83. The lowest BCUT2D eigenvalue weighted by molar-refractivity contribution is -0.696. The minimum absolute atomic E-state index is 0.297. The van der Waals surface area contributed by atoms with Crippen LogP contribution in [0.3, 0.4) is 0 Å². The molecule has 0 saturated carbocycles. The summed E-state index contributed by atoms with van der Waals surface area (Å²) < 4.78 is 13.5. The van der Waals surface area contributed by atoms with E-state index in [4.69, 9.17) is 0 Å². The molecule has 0 N–H and O–H groups in total. The average Bonchev–Trinajstić information content (AvgIpc) is 1.91. The van der Waals surface area contributed by atoms with Crippen molar-refractivity contribution in [3.63, 3.8) is 0 Å². The molecular formula is C7H9FN+. The molecule has 48 valence electrons. The highest BCUT2D eigenvalue weighted by atomic mass is 19.1. The van der Waals surface area contributed by atoms with Gasteiger partial charge in [-0.15, -0.1) is 0 Å². The molecular weight excluding hydrogens is 117 g/mol. The Hall–Kier alpha value is -0.920. The van der Waals surface area contributed by atoms with Crippen LogP contribution >= 0.6 is 0 Å². The van der Waals surface area contributed by atoms with E-state index in [1.807, 2.05) is 30.6 Å². The monoisotopic (exact) mass is 126 g/mol. The Morgan fingerprint density at radius 3 is 2.33 bits per heavy atom. The Balaban J connectivity index is 2.61. The van der Waals surface area contributed by atoms with Gasteiger partial charge in [-0.2, -0.15) is 0 Å². The molecule has 9 heavy (non-hydrogen) atoms. The standard InChI is InChI=1S/C7H9FN/c8-4-7-9-5-2-1-3-6-9/h1-3,5-6H,4,7H2/q+1. The molecule has 0 aliphatic rings. The quantitative estimate of drug-likeness (QED) is 0.519. The summed E-state index contributed by atoms with van der Waals surface area (Å²) in [6.45, 7) is 0.162. The molecule has 0 amide bonds. The first-order valence-electron chi connectivity index (χ1n) is 2.93. The van der Waals surface area contributed by atoms with Gasteiger partial charge in [0.1, 0.15) is 6.67 Å². The Labute approximate surface area is 53.8 Å². The molecule has 1 rings (SSSR count). The maximum Gasteiger partial charge on any atom is 0.176 e. The molecule has 0 aromatic carbocycles. The van der Waals surface area contributed by atoms with Crippen molar-refractivity contribution in [2.45, 2.75) is 6.54 Å². The van der Waals surface area contributed by atoms with Crippen LogP contribution in [0.25, 0.3) is 0 Å². The van der Waals surface area contributed by atoms with E-state index in [0.717, 1.165) is 0 Å². The second kappa shape index (κ2) is 3.17. The lowest BCUT2D eigenvalue weighted by Crippen LogP contribution is -2.33. The molecule has 0 aliphatic carbocycles. The van der Waals surface area contributed by atoms with Crippen molar-refractivity contribution in [1.82, 2.24) is 0 Å². The third kappa shape index (κ3) is 1.80. The summed E-state index contributed by atoms with van der Waals surface area (Å²) in [5, 5.41) is 0. The van der Waals surface area contributed by atoms with E-state index in [0.29, 0.717) is 6.54 Å². The highest BCUT2D eigenvalue weighted by Crippen LogP contribution is 1.76. The van der Waals surface area contributed by atoms with Crippen molar-refractivity contribution in [2.75, 3.05) is 6.67 Å². The number of halogens is 1. The van der Waals surface area contributed by atoms with Crippen LogP contribution in [0.15, 0.2) is 30.6 Å². The minimum Gasteiger partial charge on any atom is -0.244 e. The van der Waals surface area contributed by atoms with Crippen LogP contribution in [0, 0.1) is 0 Å². The third-order valence-corrected chi connectivity index (χ3v) is 1.12. The molecule has 0 saturated heterocycles. The Morgan fingerprint density at radius 2 is 1.78 bits per heavy atom. The number of alkyl halides is 1. The predicted octanol–water partition coefficient (Wildman–Crippen LogP) is 0.944. The van der Waals surface area contributed by atoms with E-state index in [9.17, 15) is 4.39 Å². The first-order valence-corrected chi connectivity index (χ1v) is 2.93. The summed E-state index contributed by atoms with van der Waals surface area (Å²) in [7, 11) is 0. The summed E-state index contributed by atoms with van der Waals surface area (Å²) in [4.78, 5) is 0. The van der Waals surface area contributed by atoms with E-state index in [1.54, 1.807) is 4.57 Å². The molecule has 1 heterocycles. The van der Waals surface area contributed by atoms with Crippen molar-refractivity contribution in [2.24, 2.45) is 0 Å². The van der Waals surface area contributed by atoms with Crippen LogP contribution in [0.1, 0.15) is 0 Å². The fourth-order valence-electron chi connectivity index (χ4n) is 0.681. The molecule has 0 unspecified atom stereocenters. The topological polar surface area (TPSA) is 3.88 Å². The molecule has 1 aromatic heterocycles. The summed E-state index contributed by atoms with van der Waals surface area (Å²) in [6, 6.07) is 5.68. The van der Waals surface area contributed by atoms with Gasteiger partial charge in [0.05, 0.1) is 0 Å². The first kappa shape index (κ1) is 6.20. The third-order valence-electron chi connectivity index (χ3n) is 1.12. The number of nitrogens with zero attached hydrogens (tertiary/aromatic N) is 1. The lowest BCUT2D eigenvalue weighted by Gasteiger charge is -1.87. The molecule has 1 aromatic rings. The molecule has 1 nitrogen and oxygen atoms in total. The molecule has 0 spiro atoms. The molecule has 0 atom stereocenters. The van der Waals surface area contributed by atoms with Crippen LogP contribution in [-0.2, 0) is 6.54 Å². The fraction of sp³-hybridized carbons (Fsp3) is 0.286.